The molecule has 6 heteroatoms. The van der Waals surface area contributed by atoms with E-state index >= 15 is 0 Å². The monoisotopic (exact) mass is 458 g/mol. The van der Waals surface area contributed by atoms with Crippen molar-refractivity contribution in [3.05, 3.63) is 61.5 Å². The highest BCUT2D eigenvalue weighted by molar-refractivity contribution is 9.11. The van der Waals surface area contributed by atoms with Crippen molar-refractivity contribution in [1.82, 2.24) is 5.32 Å². The fourth-order valence-corrected chi connectivity index (χ4v) is 4.10. The average molecular weight is 461 g/mol. The third kappa shape index (κ3) is 5.05. The molecule has 0 radical (unpaired) electrons. The third-order valence-corrected chi connectivity index (χ3v) is 4.99. The first-order valence-corrected chi connectivity index (χ1v) is 9.08. The van der Waals surface area contributed by atoms with Crippen LogP contribution in [0.3, 0.4) is 0 Å². The molecule has 0 saturated carbocycles. The molecule has 1 amide bonds. The Morgan fingerprint density at radius 1 is 1.22 bits per heavy atom. The molecular formula is C17H17Br2ClN2O. The van der Waals surface area contributed by atoms with Gasteiger partial charge in [0.15, 0.2) is 0 Å². The van der Waals surface area contributed by atoms with Gasteiger partial charge in [0, 0.05) is 20.0 Å². The maximum atomic E-state index is 12.2. The summed E-state index contributed by atoms with van der Waals surface area (Å²) in [7, 11) is 0. The van der Waals surface area contributed by atoms with E-state index in [1.54, 1.807) is 0 Å². The quantitative estimate of drug-likeness (QED) is 0.622. The number of benzene rings is 2. The van der Waals surface area contributed by atoms with E-state index in [9.17, 15) is 4.79 Å². The summed E-state index contributed by atoms with van der Waals surface area (Å²) in [5.41, 5.74) is 2.81. The first-order valence-electron chi connectivity index (χ1n) is 7.11. The Labute approximate surface area is 158 Å². The van der Waals surface area contributed by atoms with Crippen LogP contribution in [0.15, 0.2) is 45.3 Å². The number of hydrogen-bond acceptors (Lipinski definition) is 2. The molecule has 0 aliphatic heterocycles. The second kappa shape index (κ2) is 8.29. The molecule has 2 aromatic carbocycles. The number of amides is 1. The molecule has 0 heterocycles. The smallest absolute Gasteiger partial charge is 0.238 e. The Kier molecular flexibility index (Phi) is 6.65. The van der Waals surface area contributed by atoms with E-state index in [-0.39, 0.29) is 18.5 Å². The fourth-order valence-electron chi connectivity index (χ4n) is 2.18. The van der Waals surface area contributed by atoms with E-state index in [4.69, 9.17) is 11.6 Å². The van der Waals surface area contributed by atoms with Crippen LogP contribution >= 0.6 is 43.5 Å². The number of hydrogen-bond donors (Lipinski definition) is 2. The average Bonchev–Trinajstić information content (AvgIpc) is 2.49. The first-order chi connectivity index (χ1) is 10.9. The molecule has 0 aliphatic carbocycles. The minimum atomic E-state index is -0.117. The molecule has 23 heavy (non-hydrogen) atoms. The summed E-state index contributed by atoms with van der Waals surface area (Å²) in [6.45, 7) is 4.17. The van der Waals surface area contributed by atoms with E-state index in [2.05, 4.69) is 42.5 Å². The number of aryl methyl sites for hydroxylation is 1. The second-order valence-corrected chi connectivity index (χ2v) is 7.39. The summed E-state index contributed by atoms with van der Waals surface area (Å²) in [6, 6.07) is 11.5. The molecule has 2 aromatic rings. The normalized spacial score (nSPS) is 12.0. The summed E-state index contributed by atoms with van der Waals surface area (Å²) < 4.78 is 1.69. The summed E-state index contributed by atoms with van der Waals surface area (Å²) in [5.74, 6) is -0.117. The Bertz CT molecular complexity index is 698. The molecule has 0 fully saturated rings. The topological polar surface area (TPSA) is 41.1 Å². The highest BCUT2D eigenvalue weighted by atomic mass is 79.9. The molecule has 0 aromatic heterocycles. The van der Waals surface area contributed by atoms with Crippen LogP contribution in [0.5, 0.6) is 0 Å². The maximum Gasteiger partial charge on any atom is 0.238 e. The van der Waals surface area contributed by atoms with E-state index in [1.165, 1.54) is 0 Å². The summed E-state index contributed by atoms with van der Waals surface area (Å²) in [5, 5.41) is 6.77. The fraction of sp³-hybridized carbons (Fsp3) is 0.235. The van der Waals surface area contributed by atoms with Crippen molar-refractivity contribution in [1.29, 1.82) is 0 Å². The molecule has 1 unspecified atom stereocenters. The van der Waals surface area contributed by atoms with Crippen molar-refractivity contribution in [3.8, 4) is 0 Å². The van der Waals surface area contributed by atoms with Crippen LogP contribution < -0.4 is 10.6 Å². The Morgan fingerprint density at radius 2 is 1.83 bits per heavy atom. The largest absolute Gasteiger partial charge is 0.323 e. The van der Waals surface area contributed by atoms with Gasteiger partial charge in [0.05, 0.1) is 12.2 Å². The van der Waals surface area contributed by atoms with Gasteiger partial charge in [0.2, 0.25) is 5.91 Å². The first kappa shape index (κ1) is 18.5. The summed E-state index contributed by atoms with van der Waals surface area (Å²) in [4.78, 5) is 12.2. The van der Waals surface area contributed by atoms with Gasteiger partial charge < -0.3 is 10.6 Å². The third-order valence-electron chi connectivity index (χ3n) is 3.39. The van der Waals surface area contributed by atoms with Crippen molar-refractivity contribution in [2.24, 2.45) is 0 Å². The van der Waals surface area contributed by atoms with Gasteiger partial charge in [-0.2, -0.15) is 0 Å². The van der Waals surface area contributed by atoms with Crippen molar-refractivity contribution in [2.45, 2.75) is 19.9 Å². The highest BCUT2D eigenvalue weighted by Gasteiger charge is 2.13. The molecule has 2 N–H and O–H groups in total. The van der Waals surface area contributed by atoms with Crippen LogP contribution in [-0.2, 0) is 4.79 Å². The van der Waals surface area contributed by atoms with Gasteiger partial charge in [-0.3, -0.25) is 4.79 Å². The lowest BCUT2D eigenvalue weighted by molar-refractivity contribution is -0.115. The van der Waals surface area contributed by atoms with Crippen LogP contribution in [-0.4, -0.2) is 12.5 Å². The number of halogens is 3. The maximum absolute atomic E-state index is 12.2. The van der Waals surface area contributed by atoms with E-state index < -0.39 is 0 Å². The second-order valence-electron chi connectivity index (χ2n) is 5.28. The van der Waals surface area contributed by atoms with Crippen molar-refractivity contribution >= 4 is 55.1 Å². The SMILES string of the molecule is Cc1cc(Br)c(NC(=O)CNC(C)c2ccccc2Cl)c(Br)c1. The molecule has 1 atom stereocenters. The van der Waals surface area contributed by atoms with Crippen LogP contribution in [0.1, 0.15) is 24.1 Å². The van der Waals surface area contributed by atoms with Crippen molar-refractivity contribution < 1.29 is 4.79 Å². The highest BCUT2D eigenvalue weighted by Crippen LogP contribution is 2.32. The molecule has 0 saturated heterocycles. The number of anilines is 1. The Hall–Kier alpha value is -0.880. The minimum absolute atomic E-state index is 0.0145. The number of carbonyl (C=O) groups is 1. The van der Waals surface area contributed by atoms with Crippen molar-refractivity contribution in [3.63, 3.8) is 0 Å². The molecule has 122 valence electrons. The Morgan fingerprint density at radius 3 is 2.43 bits per heavy atom. The zero-order valence-electron chi connectivity index (χ0n) is 12.8. The zero-order chi connectivity index (χ0) is 17.0. The minimum Gasteiger partial charge on any atom is -0.323 e. The van der Waals surface area contributed by atoms with Crippen molar-refractivity contribution in [2.75, 3.05) is 11.9 Å². The van der Waals surface area contributed by atoms with Gasteiger partial charge in [-0.25, -0.2) is 0 Å². The lowest BCUT2D eigenvalue weighted by atomic mass is 10.1. The van der Waals surface area contributed by atoms with Crippen LogP contribution in [0, 0.1) is 6.92 Å². The molecule has 2 rings (SSSR count). The van der Waals surface area contributed by atoms with Crippen LogP contribution in [0.4, 0.5) is 5.69 Å². The number of carbonyl (C=O) groups excluding carboxylic acids is 1. The van der Waals surface area contributed by atoms with E-state index in [1.807, 2.05) is 50.2 Å². The van der Waals surface area contributed by atoms with Crippen LogP contribution in [0.2, 0.25) is 5.02 Å². The standard InChI is InChI=1S/C17H17Br2ClN2O/c1-10-7-13(18)17(14(19)8-10)22-16(23)9-21-11(2)12-5-3-4-6-15(12)20/h3-8,11,21H,9H2,1-2H3,(H,22,23). The van der Waals surface area contributed by atoms with Gasteiger partial charge in [-0.05, 0) is 75.0 Å². The van der Waals surface area contributed by atoms with Gasteiger partial charge in [0.1, 0.15) is 0 Å². The number of rotatable bonds is 5. The van der Waals surface area contributed by atoms with E-state index in [0.29, 0.717) is 5.02 Å². The summed E-state index contributed by atoms with van der Waals surface area (Å²) in [6.07, 6.45) is 0. The van der Waals surface area contributed by atoms with Gasteiger partial charge in [-0.15, -0.1) is 0 Å². The number of nitrogens with one attached hydrogen (secondary N) is 2. The van der Waals surface area contributed by atoms with Gasteiger partial charge in [-0.1, -0.05) is 29.8 Å². The molecule has 0 spiro atoms. The summed E-state index contributed by atoms with van der Waals surface area (Å²) >= 11 is 13.1. The van der Waals surface area contributed by atoms with Crippen LogP contribution in [0.25, 0.3) is 0 Å². The molecule has 0 bridgehead atoms. The molecule has 3 nitrogen and oxygen atoms in total. The predicted octanol–water partition coefficient (Wildman–Crippen LogP) is 5.46. The molecule has 0 aliphatic rings. The van der Waals surface area contributed by atoms with Gasteiger partial charge in [0.25, 0.3) is 0 Å². The zero-order valence-corrected chi connectivity index (χ0v) is 16.7. The predicted molar refractivity (Wildman–Crippen MR) is 103 cm³/mol. The van der Waals surface area contributed by atoms with Gasteiger partial charge >= 0.3 is 0 Å². The Balaban J connectivity index is 1.97. The lowest BCUT2D eigenvalue weighted by Crippen LogP contribution is -2.30. The molecular weight excluding hydrogens is 443 g/mol. The van der Waals surface area contributed by atoms with E-state index in [0.717, 1.165) is 25.8 Å². The lowest BCUT2D eigenvalue weighted by Gasteiger charge is -2.16.